The number of halogens is 1. The summed E-state index contributed by atoms with van der Waals surface area (Å²) in [5.41, 5.74) is 4.79. The number of carbonyl (C=O) groups excluding carboxylic acids is 1. The average Bonchev–Trinajstić information content (AvgIpc) is 3.69. The van der Waals surface area contributed by atoms with Crippen LogP contribution in [0.5, 0.6) is 5.75 Å². The lowest BCUT2D eigenvalue weighted by Crippen LogP contribution is -2.35. The van der Waals surface area contributed by atoms with Crippen molar-refractivity contribution in [1.29, 1.82) is 0 Å². The van der Waals surface area contributed by atoms with E-state index in [4.69, 9.17) is 4.74 Å². The van der Waals surface area contributed by atoms with Gasteiger partial charge in [-0.05, 0) is 103 Å². The third kappa shape index (κ3) is 6.00. The molecule has 2 heterocycles. The molecule has 3 aromatic carbocycles. The molecule has 1 fully saturated rings. The van der Waals surface area contributed by atoms with Crippen molar-refractivity contribution < 1.29 is 13.9 Å². The van der Waals surface area contributed by atoms with Gasteiger partial charge in [0.2, 0.25) is 0 Å². The van der Waals surface area contributed by atoms with E-state index >= 15 is 0 Å². The number of aryl methyl sites for hydroxylation is 1. The molecule has 4 aromatic rings. The van der Waals surface area contributed by atoms with Crippen LogP contribution in [-0.2, 0) is 5.54 Å². The summed E-state index contributed by atoms with van der Waals surface area (Å²) in [6, 6.07) is 20.0. The van der Waals surface area contributed by atoms with Crippen LogP contribution in [0.4, 0.5) is 4.39 Å². The van der Waals surface area contributed by atoms with Crippen LogP contribution in [0.1, 0.15) is 34.3 Å². The number of fused-ring (bicyclic) bond motifs is 1. The van der Waals surface area contributed by atoms with E-state index in [1.807, 2.05) is 43.5 Å². The fourth-order valence-corrected chi connectivity index (χ4v) is 4.35. The molecule has 1 amide bonds. The van der Waals surface area contributed by atoms with Crippen molar-refractivity contribution in [1.82, 2.24) is 15.6 Å². The number of rotatable bonds is 5. The number of hydrogen-bond donors (Lipinski definition) is 3. The minimum absolute atomic E-state index is 0.122. The van der Waals surface area contributed by atoms with Gasteiger partial charge in [0.05, 0.1) is 18.2 Å². The van der Waals surface area contributed by atoms with E-state index < -0.39 is 5.54 Å². The SMILES string of the molecule is C1=CNC1.COc1ccc(C)c(C(=O)NC2(c3cc(-c4ccc(F)cc4)cc4ncccc34)CC2)c1.CS. The van der Waals surface area contributed by atoms with Gasteiger partial charge in [-0.3, -0.25) is 9.78 Å². The topological polar surface area (TPSA) is 63.2 Å². The summed E-state index contributed by atoms with van der Waals surface area (Å²) >= 11 is 3.53. The lowest BCUT2D eigenvalue weighted by molar-refractivity contribution is 0.0930. The maximum Gasteiger partial charge on any atom is 0.252 e. The Balaban J connectivity index is 0.000000504. The van der Waals surface area contributed by atoms with Crippen molar-refractivity contribution in [2.75, 3.05) is 19.9 Å². The van der Waals surface area contributed by atoms with E-state index in [2.05, 4.69) is 40.4 Å². The van der Waals surface area contributed by atoms with Crippen molar-refractivity contribution in [2.45, 2.75) is 25.3 Å². The van der Waals surface area contributed by atoms with Gasteiger partial charge in [0.15, 0.2) is 0 Å². The van der Waals surface area contributed by atoms with Crippen LogP contribution in [0.15, 0.2) is 85.2 Å². The van der Waals surface area contributed by atoms with Crippen LogP contribution < -0.4 is 15.4 Å². The molecule has 1 aliphatic heterocycles. The van der Waals surface area contributed by atoms with Gasteiger partial charge < -0.3 is 15.4 Å². The van der Waals surface area contributed by atoms with Gasteiger partial charge in [-0.1, -0.05) is 24.3 Å². The molecule has 7 heteroatoms. The van der Waals surface area contributed by atoms with Gasteiger partial charge in [-0.25, -0.2) is 4.39 Å². The molecule has 38 heavy (non-hydrogen) atoms. The number of hydrogen-bond acceptors (Lipinski definition) is 5. The Morgan fingerprint density at radius 1 is 1.05 bits per heavy atom. The molecule has 0 spiro atoms. The second kappa shape index (κ2) is 12.1. The monoisotopic (exact) mass is 529 g/mol. The third-order valence-corrected chi connectivity index (χ3v) is 6.68. The lowest BCUT2D eigenvalue weighted by atomic mass is 9.93. The van der Waals surface area contributed by atoms with Crippen LogP contribution in [-0.4, -0.2) is 30.8 Å². The normalized spacial score (nSPS) is 14.0. The molecule has 0 atom stereocenters. The predicted octanol–water partition coefficient (Wildman–Crippen LogP) is 6.43. The van der Waals surface area contributed by atoms with Gasteiger partial charge in [-0.15, -0.1) is 0 Å². The van der Waals surface area contributed by atoms with E-state index in [0.29, 0.717) is 11.3 Å². The van der Waals surface area contributed by atoms with Gasteiger partial charge >= 0.3 is 0 Å². The molecule has 196 valence electrons. The number of methoxy groups -OCH3 is 1. The summed E-state index contributed by atoms with van der Waals surface area (Å²) < 4.78 is 18.8. The molecular weight excluding hydrogens is 497 g/mol. The summed E-state index contributed by atoms with van der Waals surface area (Å²) in [5, 5.41) is 7.23. The van der Waals surface area contributed by atoms with Crippen LogP contribution in [0, 0.1) is 12.7 Å². The van der Waals surface area contributed by atoms with Crippen LogP contribution >= 0.6 is 12.6 Å². The van der Waals surface area contributed by atoms with Crippen molar-refractivity contribution in [3.63, 3.8) is 0 Å². The van der Waals surface area contributed by atoms with Gasteiger partial charge in [-0.2, -0.15) is 12.6 Å². The fraction of sp³-hybridized carbons (Fsp3) is 0.226. The molecule has 6 rings (SSSR count). The first-order valence-electron chi connectivity index (χ1n) is 12.4. The van der Waals surface area contributed by atoms with E-state index in [0.717, 1.165) is 52.5 Å². The molecular formula is C31H32FN3O2S. The molecule has 1 aromatic heterocycles. The average molecular weight is 530 g/mol. The first-order valence-corrected chi connectivity index (χ1v) is 13.3. The zero-order valence-electron chi connectivity index (χ0n) is 21.8. The van der Waals surface area contributed by atoms with Crippen molar-refractivity contribution in [3.8, 4) is 16.9 Å². The smallest absolute Gasteiger partial charge is 0.252 e. The molecule has 0 radical (unpaired) electrons. The van der Waals surface area contributed by atoms with Gasteiger partial charge in [0, 0.05) is 23.7 Å². The van der Waals surface area contributed by atoms with E-state index in [-0.39, 0.29) is 11.7 Å². The summed E-state index contributed by atoms with van der Waals surface area (Å²) in [6.07, 6.45) is 9.15. The number of benzene rings is 3. The molecule has 2 N–H and O–H groups in total. The third-order valence-electron chi connectivity index (χ3n) is 6.68. The number of ether oxygens (including phenoxy) is 1. The zero-order valence-corrected chi connectivity index (χ0v) is 22.7. The largest absolute Gasteiger partial charge is 0.497 e. The Kier molecular flexibility index (Phi) is 8.69. The molecule has 2 aliphatic rings. The highest BCUT2D eigenvalue weighted by Crippen LogP contribution is 2.49. The zero-order chi connectivity index (χ0) is 27.1. The second-order valence-corrected chi connectivity index (χ2v) is 9.13. The minimum Gasteiger partial charge on any atom is -0.497 e. The number of nitrogens with one attached hydrogen (secondary N) is 2. The number of aromatic nitrogens is 1. The Hall–Kier alpha value is -3.84. The summed E-state index contributed by atoms with van der Waals surface area (Å²) in [7, 11) is 1.59. The van der Waals surface area contributed by atoms with E-state index in [1.54, 1.807) is 37.8 Å². The predicted molar refractivity (Wildman–Crippen MR) is 155 cm³/mol. The van der Waals surface area contributed by atoms with Crippen molar-refractivity contribution in [2.24, 2.45) is 0 Å². The second-order valence-electron chi connectivity index (χ2n) is 9.13. The summed E-state index contributed by atoms with van der Waals surface area (Å²) in [4.78, 5) is 17.8. The Labute approximate surface area is 228 Å². The highest BCUT2D eigenvalue weighted by Gasteiger charge is 2.47. The maximum absolute atomic E-state index is 13.5. The first-order chi connectivity index (χ1) is 18.5. The standard InChI is InChI=1S/C27H23FN2O2.C3H5N.CH4S/c1-17-5-10-21(32-2)16-23(17)26(31)30-27(11-12-27)24-14-19(18-6-8-20(28)9-7-18)15-25-22(24)4-3-13-29-25;1-2-4-3-1;1-2/h3-10,13-16H,11-12H2,1-2H3,(H,30,31);1-2,4H,3H2;2H,1H3. The Morgan fingerprint density at radius 3 is 2.34 bits per heavy atom. The van der Waals surface area contributed by atoms with Crippen LogP contribution in [0.3, 0.4) is 0 Å². The van der Waals surface area contributed by atoms with Crippen LogP contribution in [0.2, 0.25) is 0 Å². The molecule has 0 unspecified atom stereocenters. The molecule has 5 nitrogen and oxygen atoms in total. The quantitative estimate of drug-likeness (QED) is 0.261. The van der Waals surface area contributed by atoms with Gasteiger partial charge in [0.25, 0.3) is 5.91 Å². The first kappa shape index (κ1) is 27.2. The van der Waals surface area contributed by atoms with E-state index in [9.17, 15) is 9.18 Å². The van der Waals surface area contributed by atoms with Crippen LogP contribution in [0.25, 0.3) is 22.0 Å². The highest BCUT2D eigenvalue weighted by atomic mass is 32.1. The lowest BCUT2D eigenvalue weighted by Gasteiger charge is -2.22. The Bertz CT molecular complexity index is 1440. The number of carbonyl (C=O) groups is 1. The number of nitrogens with zero attached hydrogens (tertiary/aromatic N) is 1. The Morgan fingerprint density at radius 2 is 1.74 bits per heavy atom. The highest BCUT2D eigenvalue weighted by molar-refractivity contribution is 7.79. The number of thiol groups is 1. The number of amides is 1. The molecule has 0 bridgehead atoms. The fourth-order valence-electron chi connectivity index (χ4n) is 4.35. The minimum atomic E-state index is -0.454. The molecule has 1 saturated carbocycles. The number of pyridine rings is 1. The van der Waals surface area contributed by atoms with Crippen molar-refractivity contribution >= 4 is 29.4 Å². The summed E-state index contributed by atoms with van der Waals surface area (Å²) in [6.45, 7) is 2.99. The van der Waals surface area contributed by atoms with Gasteiger partial charge in [0.1, 0.15) is 11.6 Å². The molecule has 1 aliphatic carbocycles. The maximum atomic E-state index is 13.5. The van der Waals surface area contributed by atoms with Crippen molar-refractivity contribution in [3.05, 3.63) is 108 Å². The van der Waals surface area contributed by atoms with E-state index in [1.165, 1.54) is 12.1 Å². The molecule has 0 saturated heterocycles. The summed E-state index contributed by atoms with van der Waals surface area (Å²) in [5.74, 6) is 0.258.